The third-order valence-electron chi connectivity index (χ3n) is 3.88. The van der Waals surface area contributed by atoms with Gasteiger partial charge in [0.25, 0.3) is 5.91 Å². The lowest BCUT2D eigenvalue weighted by Gasteiger charge is -2.07. The van der Waals surface area contributed by atoms with Gasteiger partial charge in [-0.2, -0.15) is 5.10 Å². The number of hydrogen-bond donors (Lipinski definition) is 1. The lowest BCUT2D eigenvalue weighted by atomic mass is 10.2. The number of halogens is 1. The summed E-state index contributed by atoms with van der Waals surface area (Å²) >= 11 is 1.32. The smallest absolute Gasteiger partial charge is 0.281 e. The largest absolute Gasteiger partial charge is 0.296 e. The Labute approximate surface area is 156 Å². The van der Waals surface area contributed by atoms with Gasteiger partial charge in [-0.25, -0.2) is 14.1 Å². The third-order valence-corrected chi connectivity index (χ3v) is 4.81. The fourth-order valence-electron chi connectivity index (χ4n) is 2.54. The maximum atomic E-state index is 13.1. The van der Waals surface area contributed by atoms with E-state index in [-0.39, 0.29) is 11.5 Å². The van der Waals surface area contributed by atoms with Crippen LogP contribution in [0.1, 0.15) is 16.1 Å². The van der Waals surface area contributed by atoms with Crippen molar-refractivity contribution in [3.05, 3.63) is 82.0 Å². The van der Waals surface area contributed by atoms with Crippen molar-refractivity contribution < 1.29 is 9.18 Å². The number of nitrogens with zero attached hydrogens (tertiary/aromatic N) is 3. The molecule has 6 nitrogen and oxygen atoms in total. The number of thiazole rings is 1. The molecule has 0 fully saturated rings. The first-order chi connectivity index (χ1) is 13.0. The minimum Gasteiger partial charge on any atom is -0.296 e. The second-order valence-electron chi connectivity index (χ2n) is 5.89. The molecule has 4 rings (SSSR count). The number of aromatic nitrogens is 3. The lowest BCUT2D eigenvalue weighted by Crippen LogP contribution is -2.25. The Bertz CT molecular complexity index is 1210. The summed E-state index contributed by atoms with van der Waals surface area (Å²) in [5.74, 6) is -1.03. The van der Waals surface area contributed by atoms with Crippen molar-refractivity contribution in [2.24, 2.45) is 0 Å². The van der Waals surface area contributed by atoms with Crippen LogP contribution in [0.5, 0.6) is 0 Å². The molecule has 134 valence electrons. The summed E-state index contributed by atoms with van der Waals surface area (Å²) in [6.07, 6.45) is 1.42. The topological polar surface area (TPSA) is 76.9 Å². The molecule has 2 heterocycles. The molecule has 0 aliphatic heterocycles. The average Bonchev–Trinajstić information content (AvgIpc) is 3.04. The molecule has 1 N–H and O–H groups in total. The predicted molar refractivity (Wildman–Crippen MR) is 102 cm³/mol. The Morgan fingerprint density at radius 1 is 1.15 bits per heavy atom. The highest BCUT2D eigenvalue weighted by molar-refractivity contribution is 7.22. The normalized spacial score (nSPS) is 10.9. The first-order valence-electron chi connectivity index (χ1n) is 8.04. The minimum atomic E-state index is -0.646. The van der Waals surface area contributed by atoms with E-state index in [1.807, 2.05) is 25.1 Å². The molecule has 8 heteroatoms. The second kappa shape index (κ2) is 6.73. The van der Waals surface area contributed by atoms with E-state index in [0.29, 0.717) is 10.8 Å². The molecular formula is C19H13FN4O2S. The zero-order valence-corrected chi connectivity index (χ0v) is 15.0. The van der Waals surface area contributed by atoms with Crippen LogP contribution in [0.3, 0.4) is 0 Å². The van der Waals surface area contributed by atoms with Gasteiger partial charge >= 0.3 is 0 Å². The summed E-state index contributed by atoms with van der Waals surface area (Å²) in [5, 5.41) is 7.10. The van der Waals surface area contributed by atoms with Crippen molar-refractivity contribution in [1.29, 1.82) is 0 Å². The maximum Gasteiger partial charge on any atom is 0.281 e. The number of fused-ring (bicyclic) bond motifs is 1. The van der Waals surface area contributed by atoms with Crippen molar-refractivity contribution in [1.82, 2.24) is 14.8 Å². The van der Waals surface area contributed by atoms with E-state index in [9.17, 15) is 14.0 Å². The number of hydrogen-bond acceptors (Lipinski definition) is 5. The first kappa shape index (κ1) is 17.0. The zero-order chi connectivity index (χ0) is 19.0. The van der Waals surface area contributed by atoms with Gasteiger partial charge < -0.3 is 0 Å². The van der Waals surface area contributed by atoms with Crippen LogP contribution in [0.15, 0.2) is 59.5 Å². The number of amides is 1. The van der Waals surface area contributed by atoms with Gasteiger partial charge in [-0.15, -0.1) is 0 Å². The van der Waals surface area contributed by atoms with Crippen molar-refractivity contribution in [2.75, 3.05) is 5.32 Å². The van der Waals surface area contributed by atoms with E-state index in [1.165, 1.54) is 52.5 Å². The summed E-state index contributed by atoms with van der Waals surface area (Å²) in [5.41, 5.74) is 1.61. The molecule has 2 aromatic carbocycles. The summed E-state index contributed by atoms with van der Waals surface area (Å²) in [6.45, 7) is 1.98. The Balaban J connectivity index is 1.65. The van der Waals surface area contributed by atoms with E-state index in [1.54, 1.807) is 0 Å². The summed E-state index contributed by atoms with van der Waals surface area (Å²) in [4.78, 5) is 29.0. The standard InChI is InChI=1S/C19H13FN4O2S/c1-11-2-7-14-16(10-11)27-19(21-14)22-18(26)17-15(25)8-9-24(23-17)13-5-3-12(20)4-6-13/h2-10H,1H3,(H,21,22,26). The molecule has 2 aromatic heterocycles. The van der Waals surface area contributed by atoms with Crippen molar-refractivity contribution in [3.8, 4) is 5.69 Å². The van der Waals surface area contributed by atoms with Crippen molar-refractivity contribution in [2.45, 2.75) is 6.92 Å². The van der Waals surface area contributed by atoms with Gasteiger partial charge in [0.05, 0.1) is 15.9 Å². The van der Waals surface area contributed by atoms with E-state index < -0.39 is 11.3 Å². The quantitative estimate of drug-likeness (QED) is 0.590. The predicted octanol–water partition coefficient (Wildman–Crippen LogP) is 3.54. The van der Waals surface area contributed by atoms with E-state index in [2.05, 4.69) is 15.4 Å². The van der Waals surface area contributed by atoms with Gasteiger partial charge in [0.1, 0.15) is 5.82 Å². The Morgan fingerprint density at radius 3 is 2.70 bits per heavy atom. The molecule has 4 aromatic rings. The van der Waals surface area contributed by atoms with Crippen LogP contribution in [0.4, 0.5) is 9.52 Å². The van der Waals surface area contributed by atoms with Gasteiger partial charge in [0.15, 0.2) is 10.8 Å². The van der Waals surface area contributed by atoms with Crippen LogP contribution in [0.2, 0.25) is 0 Å². The van der Waals surface area contributed by atoms with Crippen LogP contribution in [-0.2, 0) is 0 Å². The number of carbonyl (C=O) groups excluding carboxylic acids is 1. The monoisotopic (exact) mass is 380 g/mol. The molecule has 0 aliphatic carbocycles. The van der Waals surface area contributed by atoms with E-state index in [4.69, 9.17) is 0 Å². The second-order valence-corrected chi connectivity index (χ2v) is 6.92. The SMILES string of the molecule is Cc1ccc2nc(NC(=O)c3nn(-c4ccc(F)cc4)ccc3=O)sc2c1. The van der Waals surface area contributed by atoms with Crippen LogP contribution in [0, 0.1) is 12.7 Å². The lowest BCUT2D eigenvalue weighted by molar-refractivity contribution is 0.101. The maximum absolute atomic E-state index is 13.1. The van der Waals surface area contributed by atoms with Crippen LogP contribution in [0.25, 0.3) is 15.9 Å². The first-order valence-corrected chi connectivity index (χ1v) is 8.86. The molecule has 0 bridgehead atoms. The molecular weight excluding hydrogens is 367 g/mol. The number of rotatable bonds is 3. The summed E-state index contributed by atoms with van der Waals surface area (Å²) in [7, 11) is 0. The Kier molecular flexibility index (Phi) is 4.25. The van der Waals surface area contributed by atoms with Crippen molar-refractivity contribution >= 4 is 32.6 Å². The average molecular weight is 380 g/mol. The Morgan fingerprint density at radius 2 is 1.93 bits per heavy atom. The Hall–Kier alpha value is -3.39. The number of nitrogens with one attached hydrogen (secondary N) is 1. The van der Waals surface area contributed by atoms with Crippen molar-refractivity contribution in [3.63, 3.8) is 0 Å². The molecule has 0 radical (unpaired) electrons. The molecule has 0 saturated carbocycles. The van der Waals surface area contributed by atoms with E-state index in [0.717, 1.165) is 15.8 Å². The van der Waals surface area contributed by atoms with Crippen LogP contribution >= 0.6 is 11.3 Å². The van der Waals surface area contributed by atoms with Gasteiger partial charge in [0.2, 0.25) is 5.43 Å². The van der Waals surface area contributed by atoms with E-state index >= 15 is 0 Å². The van der Waals surface area contributed by atoms with Crippen LogP contribution < -0.4 is 10.7 Å². The number of aryl methyl sites for hydroxylation is 1. The molecule has 0 aliphatic rings. The number of benzene rings is 2. The molecule has 0 unspecified atom stereocenters. The fraction of sp³-hybridized carbons (Fsp3) is 0.0526. The van der Waals surface area contributed by atoms with Gasteiger partial charge in [-0.3, -0.25) is 14.9 Å². The zero-order valence-electron chi connectivity index (χ0n) is 14.1. The van der Waals surface area contributed by atoms with Gasteiger partial charge in [-0.05, 0) is 48.9 Å². The van der Waals surface area contributed by atoms with Crippen LogP contribution in [-0.4, -0.2) is 20.7 Å². The highest BCUT2D eigenvalue weighted by Crippen LogP contribution is 2.26. The highest BCUT2D eigenvalue weighted by atomic mass is 32.1. The number of anilines is 1. The number of carbonyl (C=O) groups is 1. The summed E-state index contributed by atoms with van der Waals surface area (Å²) in [6, 6.07) is 12.6. The molecule has 0 spiro atoms. The molecule has 27 heavy (non-hydrogen) atoms. The molecule has 0 saturated heterocycles. The molecule has 0 atom stereocenters. The third kappa shape index (κ3) is 3.47. The fourth-order valence-corrected chi connectivity index (χ4v) is 3.50. The summed E-state index contributed by atoms with van der Waals surface area (Å²) < 4.78 is 15.4. The van der Waals surface area contributed by atoms with Gasteiger partial charge in [0, 0.05) is 12.3 Å². The highest BCUT2D eigenvalue weighted by Gasteiger charge is 2.16. The minimum absolute atomic E-state index is 0.266. The molecule has 1 amide bonds. The van der Waals surface area contributed by atoms with Gasteiger partial charge in [-0.1, -0.05) is 17.4 Å².